The van der Waals surface area contributed by atoms with E-state index >= 15 is 0 Å². The van der Waals surface area contributed by atoms with Crippen LogP contribution in [0, 0.1) is 5.41 Å². The molecule has 6 nitrogen and oxygen atoms in total. The monoisotopic (exact) mass is 387 g/mol. The Morgan fingerprint density at radius 1 is 1.17 bits per heavy atom. The number of carbonyl (C=O) groups is 1. The van der Waals surface area contributed by atoms with Crippen molar-refractivity contribution in [1.29, 1.82) is 5.41 Å². The molecule has 1 unspecified atom stereocenters. The van der Waals surface area contributed by atoms with Gasteiger partial charge in [0.2, 0.25) is 0 Å². The number of amides is 1. The third kappa shape index (κ3) is 4.43. The standard InChI is InChI=1S/C23H25N5O/c1-27-13-18(12-24)20-15-28(14-17-9-5-6-10-19(17)20)23(29)22(26)11-21(25)16-7-3-2-4-8-16/h2-13,20,25H,14-15,24,26H2,1H3/b18-12?,22-11-,25-21?,27-13?. The molecule has 2 aromatic carbocycles. The molecule has 0 spiro atoms. The fourth-order valence-electron chi connectivity index (χ4n) is 3.55. The highest BCUT2D eigenvalue weighted by Crippen LogP contribution is 2.33. The number of aliphatic imine (C=N–C) groups is 1. The fraction of sp³-hybridized carbons (Fsp3) is 0.174. The average Bonchev–Trinajstić information content (AvgIpc) is 2.76. The molecule has 0 fully saturated rings. The molecule has 6 heteroatoms. The quantitative estimate of drug-likeness (QED) is 0.542. The SMILES string of the molecule is CN=CC(=CN)C1CN(C(=O)/C(N)=C/C(=N)c2ccccc2)Cc2ccccc21. The molecule has 0 aromatic heterocycles. The predicted molar refractivity (Wildman–Crippen MR) is 117 cm³/mol. The van der Waals surface area contributed by atoms with Crippen molar-refractivity contribution in [3.8, 4) is 0 Å². The van der Waals surface area contributed by atoms with Crippen LogP contribution in [0.25, 0.3) is 0 Å². The van der Waals surface area contributed by atoms with Crippen LogP contribution in [0.2, 0.25) is 0 Å². The van der Waals surface area contributed by atoms with Crippen LogP contribution in [-0.4, -0.2) is 36.3 Å². The number of hydrogen-bond acceptors (Lipinski definition) is 5. The van der Waals surface area contributed by atoms with Crippen molar-refractivity contribution in [3.63, 3.8) is 0 Å². The van der Waals surface area contributed by atoms with Crippen molar-refractivity contribution in [1.82, 2.24) is 4.90 Å². The highest BCUT2D eigenvalue weighted by atomic mass is 16.2. The maximum Gasteiger partial charge on any atom is 0.270 e. The summed E-state index contributed by atoms with van der Waals surface area (Å²) < 4.78 is 0. The predicted octanol–water partition coefficient (Wildman–Crippen LogP) is 2.57. The van der Waals surface area contributed by atoms with Gasteiger partial charge < -0.3 is 21.8 Å². The third-order valence-electron chi connectivity index (χ3n) is 4.99. The van der Waals surface area contributed by atoms with Crippen LogP contribution in [0.15, 0.2) is 83.1 Å². The second-order valence-corrected chi connectivity index (χ2v) is 6.87. The number of nitrogens with one attached hydrogen (secondary N) is 1. The summed E-state index contributed by atoms with van der Waals surface area (Å²) in [5.41, 5.74) is 15.9. The maximum absolute atomic E-state index is 13.0. The van der Waals surface area contributed by atoms with E-state index in [0.29, 0.717) is 18.7 Å². The van der Waals surface area contributed by atoms with E-state index in [9.17, 15) is 4.79 Å². The molecule has 29 heavy (non-hydrogen) atoms. The van der Waals surface area contributed by atoms with Crippen LogP contribution in [-0.2, 0) is 11.3 Å². The van der Waals surface area contributed by atoms with Crippen LogP contribution in [0.1, 0.15) is 22.6 Å². The lowest BCUT2D eigenvalue weighted by Crippen LogP contribution is -2.41. The van der Waals surface area contributed by atoms with Gasteiger partial charge in [0, 0.05) is 32.3 Å². The van der Waals surface area contributed by atoms with Gasteiger partial charge in [-0.15, -0.1) is 0 Å². The lowest BCUT2D eigenvalue weighted by atomic mass is 9.85. The van der Waals surface area contributed by atoms with Crippen LogP contribution in [0.4, 0.5) is 0 Å². The van der Waals surface area contributed by atoms with Gasteiger partial charge in [-0.05, 0) is 34.5 Å². The zero-order valence-corrected chi connectivity index (χ0v) is 16.4. The molecule has 0 bridgehead atoms. The summed E-state index contributed by atoms with van der Waals surface area (Å²) in [7, 11) is 1.69. The first kappa shape index (κ1) is 20.1. The molecule has 0 radical (unpaired) electrons. The largest absolute Gasteiger partial charge is 0.404 e. The number of benzene rings is 2. The van der Waals surface area contributed by atoms with Gasteiger partial charge in [0.25, 0.3) is 5.91 Å². The van der Waals surface area contributed by atoms with E-state index in [1.807, 2.05) is 48.5 Å². The number of allylic oxidation sites excluding steroid dienone is 1. The van der Waals surface area contributed by atoms with E-state index in [-0.39, 0.29) is 23.2 Å². The van der Waals surface area contributed by atoms with Crippen molar-refractivity contribution < 1.29 is 4.79 Å². The average molecular weight is 387 g/mol. The second kappa shape index (κ2) is 9.01. The van der Waals surface area contributed by atoms with Gasteiger partial charge in [0.05, 0.1) is 11.4 Å². The number of hydrogen-bond donors (Lipinski definition) is 3. The summed E-state index contributed by atoms with van der Waals surface area (Å²) in [6, 6.07) is 17.2. The Kier molecular flexibility index (Phi) is 6.24. The Morgan fingerprint density at radius 3 is 2.55 bits per heavy atom. The minimum absolute atomic E-state index is 0.0411. The summed E-state index contributed by atoms with van der Waals surface area (Å²) in [5.74, 6) is -0.381. The first-order chi connectivity index (χ1) is 14.0. The molecule has 2 aromatic rings. The number of rotatable bonds is 5. The smallest absolute Gasteiger partial charge is 0.270 e. The van der Waals surface area contributed by atoms with Gasteiger partial charge >= 0.3 is 0 Å². The zero-order chi connectivity index (χ0) is 20.8. The van der Waals surface area contributed by atoms with Crippen molar-refractivity contribution in [2.24, 2.45) is 16.5 Å². The Hall–Kier alpha value is -3.67. The molecule has 3 rings (SSSR count). The Balaban J connectivity index is 1.88. The molecule has 0 saturated heterocycles. The molecule has 0 aliphatic carbocycles. The molecule has 1 heterocycles. The maximum atomic E-state index is 13.0. The van der Waals surface area contributed by atoms with Crippen molar-refractivity contribution in [2.75, 3.05) is 13.6 Å². The van der Waals surface area contributed by atoms with E-state index in [2.05, 4.69) is 11.1 Å². The van der Waals surface area contributed by atoms with Gasteiger partial charge in [-0.25, -0.2) is 0 Å². The first-order valence-corrected chi connectivity index (χ1v) is 9.37. The fourth-order valence-corrected chi connectivity index (χ4v) is 3.55. The second-order valence-electron chi connectivity index (χ2n) is 6.87. The Bertz CT molecular complexity index is 991. The Morgan fingerprint density at radius 2 is 1.86 bits per heavy atom. The summed E-state index contributed by atoms with van der Waals surface area (Å²) in [4.78, 5) is 18.8. The number of carbonyl (C=O) groups excluding carboxylic acids is 1. The minimum atomic E-state index is -0.296. The Labute approximate surface area is 170 Å². The highest BCUT2D eigenvalue weighted by Gasteiger charge is 2.30. The molecule has 1 aliphatic rings. The molecule has 1 amide bonds. The molecule has 0 saturated carbocycles. The van der Waals surface area contributed by atoms with E-state index in [1.54, 1.807) is 18.2 Å². The summed E-state index contributed by atoms with van der Waals surface area (Å²) in [6.45, 7) is 0.901. The van der Waals surface area contributed by atoms with Crippen molar-refractivity contribution >= 4 is 17.8 Å². The molecular weight excluding hydrogens is 362 g/mol. The summed E-state index contributed by atoms with van der Waals surface area (Å²) in [5, 5.41) is 8.21. The summed E-state index contributed by atoms with van der Waals surface area (Å²) >= 11 is 0. The first-order valence-electron chi connectivity index (χ1n) is 9.37. The van der Waals surface area contributed by atoms with Gasteiger partial charge in [-0.2, -0.15) is 0 Å². The van der Waals surface area contributed by atoms with Crippen LogP contribution in [0.3, 0.4) is 0 Å². The topological polar surface area (TPSA) is 109 Å². The summed E-state index contributed by atoms with van der Waals surface area (Å²) in [6.07, 6.45) is 4.67. The van der Waals surface area contributed by atoms with Gasteiger partial charge in [-0.3, -0.25) is 9.79 Å². The molecule has 148 valence electrons. The van der Waals surface area contributed by atoms with Crippen LogP contribution >= 0.6 is 0 Å². The normalized spacial score (nSPS) is 17.3. The van der Waals surface area contributed by atoms with Crippen molar-refractivity contribution in [3.05, 3.63) is 94.8 Å². The number of nitrogens with two attached hydrogens (primary N) is 2. The molecule has 1 aliphatic heterocycles. The van der Waals surface area contributed by atoms with E-state index in [4.69, 9.17) is 16.9 Å². The van der Waals surface area contributed by atoms with Gasteiger partial charge in [0.15, 0.2) is 0 Å². The lowest BCUT2D eigenvalue weighted by Gasteiger charge is -2.35. The number of fused-ring (bicyclic) bond motifs is 1. The highest BCUT2D eigenvalue weighted by molar-refractivity contribution is 6.10. The van der Waals surface area contributed by atoms with E-state index in [0.717, 1.165) is 16.7 Å². The van der Waals surface area contributed by atoms with Gasteiger partial charge in [0.1, 0.15) is 0 Å². The van der Waals surface area contributed by atoms with E-state index in [1.165, 1.54) is 12.3 Å². The molecule has 1 atom stereocenters. The van der Waals surface area contributed by atoms with Crippen molar-refractivity contribution in [2.45, 2.75) is 12.5 Å². The molecular formula is C23H25N5O. The van der Waals surface area contributed by atoms with E-state index < -0.39 is 0 Å². The number of nitrogens with zero attached hydrogens (tertiary/aromatic N) is 2. The zero-order valence-electron chi connectivity index (χ0n) is 16.4. The minimum Gasteiger partial charge on any atom is -0.404 e. The van der Waals surface area contributed by atoms with Crippen LogP contribution in [0.5, 0.6) is 0 Å². The molecule has 5 N–H and O–H groups in total. The van der Waals surface area contributed by atoms with Gasteiger partial charge in [-0.1, -0.05) is 54.6 Å². The third-order valence-corrected chi connectivity index (χ3v) is 4.99. The lowest BCUT2D eigenvalue weighted by molar-refractivity contribution is -0.128. The van der Waals surface area contributed by atoms with Crippen LogP contribution < -0.4 is 11.5 Å².